The topological polar surface area (TPSA) is 32.3 Å². The van der Waals surface area contributed by atoms with E-state index in [1.807, 2.05) is 6.07 Å². The van der Waals surface area contributed by atoms with Gasteiger partial charge in [-0.25, -0.2) is 4.39 Å². The second-order valence-corrected chi connectivity index (χ2v) is 6.62. The number of halogens is 1. The van der Waals surface area contributed by atoms with E-state index in [9.17, 15) is 9.18 Å². The lowest BCUT2D eigenvalue weighted by Gasteiger charge is -2.28. The zero-order chi connectivity index (χ0) is 15.1. The molecule has 0 saturated carbocycles. The molecule has 1 fully saturated rings. The van der Waals surface area contributed by atoms with Crippen LogP contribution in [0.1, 0.15) is 18.4 Å². The Morgan fingerprint density at radius 1 is 1.38 bits per heavy atom. The molecule has 0 radical (unpaired) electrons. The highest BCUT2D eigenvalue weighted by molar-refractivity contribution is 7.98. The van der Waals surface area contributed by atoms with E-state index in [-0.39, 0.29) is 17.6 Å². The van der Waals surface area contributed by atoms with Crippen molar-refractivity contribution >= 4 is 17.7 Å². The molecule has 1 aromatic carbocycles. The Hall–Kier alpha value is -1.07. The Bertz CT molecular complexity index is 461. The van der Waals surface area contributed by atoms with Gasteiger partial charge < -0.3 is 10.2 Å². The van der Waals surface area contributed by atoms with Crippen molar-refractivity contribution in [2.45, 2.75) is 18.6 Å². The molecule has 1 amide bonds. The van der Waals surface area contributed by atoms with Gasteiger partial charge in [0, 0.05) is 24.0 Å². The van der Waals surface area contributed by atoms with Crippen molar-refractivity contribution in [1.82, 2.24) is 10.2 Å². The first-order chi connectivity index (χ1) is 10.2. The fraction of sp³-hybridized carbons (Fsp3) is 0.562. The Labute approximate surface area is 130 Å². The standard InChI is InChI=1S/C16H23FN2OS/c1-19-9-6-13(7-10-19)16(20)18-8-11-21-12-14-4-2-3-5-15(14)17/h2-5,13H,6-12H2,1H3,(H,18,20). The highest BCUT2D eigenvalue weighted by atomic mass is 32.2. The van der Waals surface area contributed by atoms with Gasteiger partial charge in [0.15, 0.2) is 0 Å². The molecule has 0 aromatic heterocycles. The van der Waals surface area contributed by atoms with Crippen LogP contribution in [0.15, 0.2) is 24.3 Å². The molecule has 0 aliphatic carbocycles. The first-order valence-electron chi connectivity index (χ1n) is 7.44. The molecule has 1 aliphatic rings. The third-order valence-electron chi connectivity index (χ3n) is 3.85. The number of nitrogens with zero attached hydrogens (tertiary/aromatic N) is 1. The van der Waals surface area contributed by atoms with Gasteiger partial charge in [-0.1, -0.05) is 18.2 Å². The summed E-state index contributed by atoms with van der Waals surface area (Å²) in [6.07, 6.45) is 1.90. The number of rotatable bonds is 6. The Morgan fingerprint density at radius 2 is 2.10 bits per heavy atom. The maximum absolute atomic E-state index is 13.4. The van der Waals surface area contributed by atoms with Crippen LogP contribution in [0.3, 0.4) is 0 Å². The predicted octanol–water partition coefficient (Wildman–Crippen LogP) is 2.52. The van der Waals surface area contributed by atoms with Gasteiger partial charge in [0.05, 0.1) is 0 Å². The molecule has 1 N–H and O–H groups in total. The summed E-state index contributed by atoms with van der Waals surface area (Å²) in [4.78, 5) is 14.3. The van der Waals surface area contributed by atoms with Crippen LogP contribution in [0.5, 0.6) is 0 Å². The normalized spacial score (nSPS) is 16.9. The van der Waals surface area contributed by atoms with E-state index in [0.29, 0.717) is 12.3 Å². The van der Waals surface area contributed by atoms with Crippen LogP contribution in [-0.4, -0.2) is 43.2 Å². The van der Waals surface area contributed by atoms with Crippen LogP contribution in [0.2, 0.25) is 0 Å². The highest BCUT2D eigenvalue weighted by Crippen LogP contribution is 2.17. The quantitative estimate of drug-likeness (QED) is 0.820. The zero-order valence-corrected chi connectivity index (χ0v) is 13.3. The zero-order valence-electron chi connectivity index (χ0n) is 12.5. The maximum Gasteiger partial charge on any atom is 0.223 e. The fourth-order valence-electron chi connectivity index (χ4n) is 2.46. The lowest BCUT2D eigenvalue weighted by molar-refractivity contribution is -0.126. The lowest BCUT2D eigenvalue weighted by Crippen LogP contribution is -2.39. The predicted molar refractivity (Wildman–Crippen MR) is 85.8 cm³/mol. The molecule has 2 rings (SSSR count). The largest absolute Gasteiger partial charge is 0.355 e. The number of thioether (sulfide) groups is 1. The van der Waals surface area contributed by atoms with Crippen molar-refractivity contribution in [3.63, 3.8) is 0 Å². The van der Waals surface area contributed by atoms with Gasteiger partial charge in [-0.05, 0) is 44.6 Å². The van der Waals surface area contributed by atoms with E-state index < -0.39 is 0 Å². The van der Waals surface area contributed by atoms with Gasteiger partial charge in [-0.15, -0.1) is 0 Å². The van der Waals surface area contributed by atoms with Gasteiger partial charge in [0.2, 0.25) is 5.91 Å². The molecule has 1 heterocycles. The summed E-state index contributed by atoms with van der Waals surface area (Å²) < 4.78 is 13.4. The number of hydrogen-bond acceptors (Lipinski definition) is 3. The van der Waals surface area contributed by atoms with E-state index in [4.69, 9.17) is 0 Å². The summed E-state index contributed by atoms with van der Waals surface area (Å²) in [6.45, 7) is 2.66. The second-order valence-electron chi connectivity index (χ2n) is 5.51. The minimum Gasteiger partial charge on any atom is -0.355 e. The SMILES string of the molecule is CN1CCC(C(=O)NCCSCc2ccccc2F)CC1. The molecule has 0 bridgehead atoms. The molecule has 0 atom stereocenters. The van der Waals surface area contributed by atoms with Crippen molar-refractivity contribution in [3.8, 4) is 0 Å². The van der Waals surface area contributed by atoms with Crippen molar-refractivity contribution < 1.29 is 9.18 Å². The molecule has 5 heteroatoms. The Kier molecular flexibility index (Phi) is 6.51. The lowest BCUT2D eigenvalue weighted by atomic mass is 9.96. The van der Waals surface area contributed by atoms with Crippen LogP contribution >= 0.6 is 11.8 Å². The molecule has 1 aliphatic heterocycles. The average Bonchev–Trinajstić information content (AvgIpc) is 2.49. The van der Waals surface area contributed by atoms with Gasteiger partial charge >= 0.3 is 0 Å². The van der Waals surface area contributed by atoms with Crippen molar-refractivity contribution in [2.75, 3.05) is 32.4 Å². The molecule has 0 spiro atoms. The van der Waals surface area contributed by atoms with Crippen LogP contribution in [-0.2, 0) is 10.5 Å². The second kappa shape index (κ2) is 8.39. The summed E-state index contributed by atoms with van der Waals surface area (Å²) in [7, 11) is 2.09. The molecular formula is C16H23FN2OS. The van der Waals surface area contributed by atoms with Gasteiger partial charge in [-0.3, -0.25) is 4.79 Å². The number of carbonyl (C=O) groups excluding carboxylic acids is 1. The van der Waals surface area contributed by atoms with Crippen LogP contribution in [0, 0.1) is 11.7 Å². The smallest absolute Gasteiger partial charge is 0.223 e. The van der Waals surface area contributed by atoms with E-state index in [0.717, 1.165) is 37.2 Å². The molecule has 21 heavy (non-hydrogen) atoms. The minimum absolute atomic E-state index is 0.152. The number of likely N-dealkylation sites (tertiary alicyclic amines) is 1. The third kappa shape index (κ3) is 5.32. The first kappa shape index (κ1) is 16.3. The minimum atomic E-state index is -0.152. The van der Waals surface area contributed by atoms with Crippen molar-refractivity contribution in [3.05, 3.63) is 35.6 Å². The molecule has 1 aromatic rings. The molecular weight excluding hydrogens is 287 g/mol. The van der Waals surface area contributed by atoms with E-state index in [1.54, 1.807) is 23.9 Å². The number of carbonyl (C=O) groups is 1. The number of piperidine rings is 1. The van der Waals surface area contributed by atoms with Crippen molar-refractivity contribution in [1.29, 1.82) is 0 Å². The Balaban J connectivity index is 1.59. The monoisotopic (exact) mass is 310 g/mol. The third-order valence-corrected chi connectivity index (χ3v) is 4.86. The maximum atomic E-state index is 13.4. The van der Waals surface area contributed by atoms with Crippen LogP contribution in [0.4, 0.5) is 4.39 Å². The molecule has 3 nitrogen and oxygen atoms in total. The summed E-state index contributed by atoms with van der Waals surface area (Å²) in [5, 5.41) is 3.00. The van der Waals surface area contributed by atoms with E-state index in [1.165, 1.54) is 6.07 Å². The summed E-state index contributed by atoms with van der Waals surface area (Å²) in [5.41, 5.74) is 0.726. The van der Waals surface area contributed by atoms with Crippen LogP contribution < -0.4 is 5.32 Å². The molecule has 116 valence electrons. The summed E-state index contributed by atoms with van der Waals surface area (Å²) >= 11 is 1.65. The molecule has 0 unspecified atom stereocenters. The fourth-order valence-corrected chi connectivity index (χ4v) is 3.30. The van der Waals surface area contributed by atoms with E-state index in [2.05, 4.69) is 17.3 Å². The first-order valence-corrected chi connectivity index (χ1v) is 8.59. The summed E-state index contributed by atoms with van der Waals surface area (Å²) in [5.74, 6) is 1.65. The van der Waals surface area contributed by atoms with Gasteiger partial charge in [-0.2, -0.15) is 11.8 Å². The summed E-state index contributed by atoms with van der Waals surface area (Å²) in [6, 6.07) is 6.84. The van der Waals surface area contributed by atoms with Gasteiger partial charge in [0.25, 0.3) is 0 Å². The van der Waals surface area contributed by atoms with Crippen LogP contribution in [0.25, 0.3) is 0 Å². The number of amides is 1. The highest BCUT2D eigenvalue weighted by Gasteiger charge is 2.22. The number of benzene rings is 1. The molecule has 1 saturated heterocycles. The Morgan fingerprint density at radius 3 is 2.81 bits per heavy atom. The number of hydrogen-bond donors (Lipinski definition) is 1. The average molecular weight is 310 g/mol. The number of nitrogens with one attached hydrogen (secondary N) is 1. The van der Waals surface area contributed by atoms with E-state index >= 15 is 0 Å². The van der Waals surface area contributed by atoms with Gasteiger partial charge in [0.1, 0.15) is 5.82 Å². The van der Waals surface area contributed by atoms with Crippen molar-refractivity contribution in [2.24, 2.45) is 5.92 Å².